The molecule has 12 heteroatoms. The first-order chi connectivity index (χ1) is 23.0. The van der Waals surface area contributed by atoms with Crippen molar-refractivity contribution in [3.63, 3.8) is 0 Å². The van der Waals surface area contributed by atoms with Gasteiger partial charge in [0.05, 0.1) is 12.8 Å². The molecule has 2 bridgehead atoms. The van der Waals surface area contributed by atoms with E-state index in [1.807, 2.05) is 22.5 Å². The molecule has 260 valence electrons. The van der Waals surface area contributed by atoms with Gasteiger partial charge in [0.2, 0.25) is 15.9 Å². The molecular weight excluding hydrogens is 630 g/mol. The van der Waals surface area contributed by atoms with Gasteiger partial charge in [0.25, 0.3) is 0 Å². The second-order valence-electron chi connectivity index (χ2n) is 14.4. The van der Waals surface area contributed by atoms with Crippen LogP contribution in [-0.2, 0) is 16.6 Å². The van der Waals surface area contributed by atoms with Crippen molar-refractivity contribution in [2.45, 2.75) is 80.5 Å². The number of amides is 2. The van der Waals surface area contributed by atoms with Crippen LogP contribution in [0.15, 0.2) is 36.4 Å². The zero-order valence-electron chi connectivity index (χ0n) is 28.2. The van der Waals surface area contributed by atoms with Gasteiger partial charge in [-0.15, -0.1) is 0 Å². The van der Waals surface area contributed by atoms with Crippen LogP contribution in [0.3, 0.4) is 0 Å². The number of nitrogens with zero attached hydrogens (tertiary/aromatic N) is 4. The number of methoxy groups -OCH3 is 1. The molecule has 5 heterocycles. The lowest BCUT2D eigenvalue weighted by molar-refractivity contribution is 0.1000. The number of piperidine rings is 1. The number of carbonyl (C=O) groups is 2. The Morgan fingerprint density at radius 3 is 2.35 bits per heavy atom. The summed E-state index contributed by atoms with van der Waals surface area (Å²) in [6, 6.07) is 12.1. The van der Waals surface area contributed by atoms with Crippen LogP contribution in [0.5, 0.6) is 5.75 Å². The lowest BCUT2D eigenvalue weighted by Crippen LogP contribution is -2.48. The third kappa shape index (κ3) is 5.36. The van der Waals surface area contributed by atoms with E-state index >= 15 is 0 Å². The van der Waals surface area contributed by atoms with E-state index in [0.717, 1.165) is 83.7 Å². The largest absolute Gasteiger partial charge is 0.497 e. The smallest absolute Gasteiger partial charge is 0.406 e. The number of fused-ring (bicyclic) bond motifs is 11. The number of benzene rings is 2. The molecule has 9 rings (SSSR count). The molecule has 2 aromatic carbocycles. The first-order valence-corrected chi connectivity index (χ1v) is 18.7. The number of hydrogen-bond donors (Lipinski definition) is 2. The molecule has 3 saturated heterocycles. The zero-order chi connectivity index (χ0) is 34.0. The highest BCUT2D eigenvalue weighted by Gasteiger charge is 2.68. The third-order valence-electron chi connectivity index (χ3n) is 11.5. The van der Waals surface area contributed by atoms with E-state index in [1.54, 1.807) is 7.11 Å². The average Bonchev–Trinajstić information content (AvgIpc) is 3.84. The van der Waals surface area contributed by atoms with Gasteiger partial charge in [-0.1, -0.05) is 25.3 Å². The topological polar surface area (TPSA) is 138 Å². The van der Waals surface area contributed by atoms with Gasteiger partial charge in [-0.2, -0.15) is 4.31 Å². The number of carbonyl (C=O) groups excluding carboxylic acids is 1. The van der Waals surface area contributed by atoms with Crippen molar-refractivity contribution in [2.75, 3.05) is 47.4 Å². The Morgan fingerprint density at radius 2 is 1.71 bits per heavy atom. The normalized spacial score (nSPS) is 26.6. The third-order valence-corrected chi connectivity index (χ3v) is 14.3. The van der Waals surface area contributed by atoms with E-state index in [1.165, 1.54) is 38.9 Å². The Labute approximate surface area is 284 Å². The Kier molecular flexibility index (Phi) is 8.48. The minimum absolute atomic E-state index is 0. The lowest BCUT2D eigenvalue weighted by Gasteiger charge is -2.34. The van der Waals surface area contributed by atoms with Gasteiger partial charge >= 0.3 is 6.09 Å². The van der Waals surface area contributed by atoms with Gasteiger partial charge < -0.3 is 29.9 Å². The SMILES string of the molecule is CN(C)C(=O)O.COc1ccc2c(c1)C1CC1(S(=O)(=O)N1CCN3CCC1CC3)Cn1c-2c(C2CCCCC2)c2ccc(C(N)=O)cc21.[HH]. The quantitative estimate of drug-likeness (QED) is 0.374. The Balaban J connectivity index is 0.000000549. The fourth-order valence-electron chi connectivity index (χ4n) is 8.85. The maximum Gasteiger partial charge on any atom is 0.406 e. The number of ether oxygens (including phenoxy) is 1. The highest BCUT2D eigenvalue weighted by atomic mass is 32.2. The summed E-state index contributed by atoms with van der Waals surface area (Å²) in [5, 5.41) is 9.04. The van der Waals surface area contributed by atoms with E-state index in [9.17, 15) is 18.0 Å². The molecule has 48 heavy (non-hydrogen) atoms. The summed E-state index contributed by atoms with van der Waals surface area (Å²) in [4.78, 5) is 25.5. The van der Waals surface area contributed by atoms with E-state index in [4.69, 9.17) is 15.6 Å². The number of sulfonamides is 1. The summed E-state index contributed by atoms with van der Waals surface area (Å²) in [5.41, 5.74) is 11.8. The maximum atomic E-state index is 15.0. The molecule has 2 saturated carbocycles. The van der Waals surface area contributed by atoms with Crippen LogP contribution < -0.4 is 10.5 Å². The van der Waals surface area contributed by atoms with Crippen molar-refractivity contribution in [3.05, 3.63) is 53.1 Å². The molecule has 2 aliphatic carbocycles. The first kappa shape index (κ1) is 32.9. The number of hydrogen-bond acceptors (Lipinski definition) is 6. The highest BCUT2D eigenvalue weighted by molar-refractivity contribution is 7.91. The number of carboxylic acid groups (broad SMARTS) is 1. The Bertz CT molecular complexity index is 1860. The van der Waals surface area contributed by atoms with Gasteiger partial charge in [0, 0.05) is 69.1 Å². The molecule has 11 nitrogen and oxygen atoms in total. The molecule has 2 atom stereocenters. The molecule has 0 spiro atoms. The number of primary amides is 1. The fourth-order valence-corrected chi connectivity index (χ4v) is 11.4. The molecule has 3 aromatic rings. The number of nitrogens with two attached hydrogens (primary N) is 1. The van der Waals surface area contributed by atoms with Crippen LogP contribution in [0, 0.1) is 0 Å². The van der Waals surface area contributed by atoms with E-state index in [2.05, 4.69) is 27.7 Å². The summed E-state index contributed by atoms with van der Waals surface area (Å²) in [5.74, 6) is 0.575. The summed E-state index contributed by atoms with van der Waals surface area (Å²) in [6.07, 6.45) is 7.36. The molecule has 5 fully saturated rings. The predicted molar refractivity (Wildman–Crippen MR) is 187 cm³/mol. The van der Waals surface area contributed by atoms with E-state index < -0.39 is 26.8 Å². The zero-order valence-corrected chi connectivity index (χ0v) is 29.0. The summed E-state index contributed by atoms with van der Waals surface area (Å²) in [7, 11) is 0.970. The summed E-state index contributed by atoms with van der Waals surface area (Å²) < 4.78 is 38.9. The minimum Gasteiger partial charge on any atom is -0.497 e. The van der Waals surface area contributed by atoms with Gasteiger partial charge in [-0.3, -0.25) is 4.79 Å². The van der Waals surface area contributed by atoms with Crippen molar-refractivity contribution >= 4 is 32.9 Å². The van der Waals surface area contributed by atoms with Crippen LogP contribution in [0.2, 0.25) is 0 Å². The van der Waals surface area contributed by atoms with Crippen molar-refractivity contribution in [1.82, 2.24) is 18.7 Å². The van der Waals surface area contributed by atoms with E-state index in [-0.39, 0.29) is 13.4 Å². The Morgan fingerprint density at radius 1 is 1.00 bits per heavy atom. The van der Waals surface area contributed by atoms with Gasteiger partial charge in [-0.05, 0) is 92.6 Å². The predicted octanol–water partition coefficient (Wildman–Crippen LogP) is 5.29. The second-order valence-corrected chi connectivity index (χ2v) is 16.7. The molecule has 2 amide bonds. The van der Waals surface area contributed by atoms with Crippen molar-refractivity contribution in [3.8, 4) is 17.0 Å². The van der Waals surface area contributed by atoms with Crippen molar-refractivity contribution in [2.24, 2.45) is 5.73 Å². The summed E-state index contributed by atoms with van der Waals surface area (Å²) in [6.45, 7) is 3.68. The molecule has 6 aliphatic rings. The molecule has 0 radical (unpaired) electrons. The molecule has 4 aliphatic heterocycles. The van der Waals surface area contributed by atoms with Crippen LogP contribution in [0.25, 0.3) is 22.2 Å². The van der Waals surface area contributed by atoms with Crippen molar-refractivity contribution < 1.29 is 29.3 Å². The van der Waals surface area contributed by atoms with Crippen LogP contribution >= 0.6 is 0 Å². The fraction of sp³-hybridized carbons (Fsp3) is 0.556. The number of aromatic nitrogens is 1. The summed E-state index contributed by atoms with van der Waals surface area (Å²) >= 11 is 0. The van der Waals surface area contributed by atoms with Gasteiger partial charge in [-0.25, -0.2) is 13.2 Å². The monoisotopic (exact) mass is 679 g/mol. The molecular formula is C36H49N5O6S. The van der Waals surface area contributed by atoms with E-state index in [0.29, 0.717) is 31.0 Å². The average molecular weight is 680 g/mol. The van der Waals surface area contributed by atoms with Crippen LogP contribution in [0.1, 0.15) is 86.1 Å². The van der Waals surface area contributed by atoms with Gasteiger partial charge in [0.15, 0.2) is 0 Å². The molecule has 2 unspecified atom stereocenters. The molecule has 1 aromatic heterocycles. The van der Waals surface area contributed by atoms with Crippen LogP contribution in [0.4, 0.5) is 4.79 Å². The van der Waals surface area contributed by atoms with Gasteiger partial charge in [0.1, 0.15) is 10.5 Å². The second kappa shape index (κ2) is 12.4. The first-order valence-electron chi connectivity index (χ1n) is 17.2. The van der Waals surface area contributed by atoms with Crippen LogP contribution in [-0.4, -0.2) is 102 Å². The lowest BCUT2D eigenvalue weighted by atomic mass is 9.81. The highest BCUT2D eigenvalue weighted by Crippen LogP contribution is 2.64. The minimum atomic E-state index is -3.65. The number of rotatable bonds is 5. The maximum absolute atomic E-state index is 15.0. The standard InChI is InChI=1S/C33H40N4O4S.C3H7NO2.H2/c1-41-24-8-10-25-27(18-24)28-19-33(28,42(39,40)37-16-15-35-13-11-23(37)12-14-35)20-36-29-17-22(32(34)38)7-9-26(29)30(31(25)36)21-5-3-2-4-6-21;1-4(2)3(5)6;/h7-10,17-18,21,23,28H,2-6,11-16,19-20H2,1H3,(H2,34,38);1-2H3,(H,5,6);1H. The molecule has 3 N–H and O–H groups in total. The Hall–Kier alpha value is -3.61. The van der Waals surface area contributed by atoms with Crippen molar-refractivity contribution in [1.29, 1.82) is 0 Å².